The molecule has 0 fully saturated rings. The minimum absolute atomic E-state index is 0.853. The van der Waals surface area contributed by atoms with Crippen LogP contribution in [0.2, 0.25) is 0 Å². The summed E-state index contributed by atoms with van der Waals surface area (Å²) in [6.45, 7) is 0. The van der Waals surface area contributed by atoms with E-state index in [9.17, 15) is 0 Å². The standard InChI is InChI=1S/C11H10N4/c1-15-11(12-7-13-15)10-6-8-4-2-3-5-9(8)14-10/h2-7,14H,1H3. The van der Waals surface area contributed by atoms with E-state index in [1.807, 2.05) is 19.2 Å². The first-order valence-electron chi connectivity index (χ1n) is 4.77. The number of hydrogen-bond donors (Lipinski definition) is 1. The number of para-hydroxylation sites is 1. The average Bonchev–Trinajstić information content (AvgIpc) is 2.82. The molecule has 0 spiro atoms. The molecule has 3 aromatic rings. The molecule has 0 saturated carbocycles. The number of H-pyrrole nitrogens is 1. The molecule has 1 N–H and O–H groups in total. The second-order valence-corrected chi connectivity index (χ2v) is 3.48. The highest BCUT2D eigenvalue weighted by Gasteiger charge is 2.07. The predicted molar refractivity (Wildman–Crippen MR) is 58.3 cm³/mol. The van der Waals surface area contributed by atoms with E-state index in [0.29, 0.717) is 0 Å². The van der Waals surface area contributed by atoms with E-state index < -0.39 is 0 Å². The van der Waals surface area contributed by atoms with Crippen molar-refractivity contribution in [3.05, 3.63) is 36.7 Å². The fourth-order valence-electron chi connectivity index (χ4n) is 1.73. The zero-order valence-corrected chi connectivity index (χ0v) is 8.31. The maximum Gasteiger partial charge on any atom is 0.174 e. The Morgan fingerprint density at radius 2 is 2.13 bits per heavy atom. The molecule has 0 radical (unpaired) electrons. The highest BCUT2D eigenvalue weighted by atomic mass is 15.3. The van der Waals surface area contributed by atoms with Crippen LogP contribution in [0, 0.1) is 0 Å². The molecule has 0 aliphatic carbocycles. The molecule has 4 heteroatoms. The first-order valence-corrected chi connectivity index (χ1v) is 4.77. The van der Waals surface area contributed by atoms with Crippen LogP contribution in [-0.4, -0.2) is 19.7 Å². The Labute approximate surface area is 86.6 Å². The van der Waals surface area contributed by atoms with Crippen LogP contribution < -0.4 is 0 Å². The van der Waals surface area contributed by atoms with Gasteiger partial charge in [0, 0.05) is 18.0 Å². The molecule has 2 aromatic heterocycles. The number of aromatic nitrogens is 4. The van der Waals surface area contributed by atoms with Crippen molar-refractivity contribution in [3.63, 3.8) is 0 Å². The maximum atomic E-state index is 4.20. The fourth-order valence-corrected chi connectivity index (χ4v) is 1.73. The normalized spacial score (nSPS) is 11.0. The summed E-state index contributed by atoms with van der Waals surface area (Å²) in [5.41, 5.74) is 2.12. The zero-order valence-electron chi connectivity index (χ0n) is 8.31. The Bertz CT molecular complexity index is 573. The number of rotatable bonds is 1. The SMILES string of the molecule is Cn1ncnc1-c1cc2ccccc2[nH]1. The van der Waals surface area contributed by atoms with Gasteiger partial charge in [-0.3, -0.25) is 0 Å². The maximum absolute atomic E-state index is 4.20. The summed E-state index contributed by atoms with van der Waals surface area (Å²) in [6, 6.07) is 10.2. The van der Waals surface area contributed by atoms with Gasteiger partial charge in [0.05, 0.1) is 5.69 Å². The van der Waals surface area contributed by atoms with Gasteiger partial charge in [-0.15, -0.1) is 0 Å². The largest absolute Gasteiger partial charge is 0.352 e. The van der Waals surface area contributed by atoms with Gasteiger partial charge in [0.1, 0.15) is 6.33 Å². The Kier molecular flexibility index (Phi) is 1.62. The summed E-state index contributed by atoms with van der Waals surface area (Å²) in [6.07, 6.45) is 1.56. The number of nitrogens with one attached hydrogen (secondary N) is 1. The Morgan fingerprint density at radius 3 is 2.87 bits per heavy atom. The molecule has 74 valence electrons. The third kappa shape index (κ3) is 1.22. The molecule has 1 aromatic carbocycles. The van der Waals surface area contributed by atoms with Gasteiger partial charge >= 0.3 is 0 Å². The van der Waals surface area contributed by atoms with Crippen LogP contribution in [-0.2, 0) is 7.05 Å². The number of hydrogen-bond acceptors (Lipinski definition) is 2. The van der Waals surface area contributed by atoms with Crippen LogP contribution in [0.25, 0.3) is 22.4 Å². The summed E-state index contributed by atoms with van der Waals surface area (Å²) < 4.78 is 1.75. The lowest BCUT2D eigenvalue weighted by Gasteiger charge is -1.94. The number of aryl methyl sites for hydroxylation is 1. The average molecular weight is 198 g/mol. The van der Waals surface area contributed by atoms with E-state index in [1.54, 1.807) is 11.0 Å². The van der Waals surface area contributed by atoms with E-state index >= 15 is 0 Å². The van der Waals surface area contributed by atoms with Gasteiger partial charge in [0.25, 0.3) is 0 Å². The summed E-state index contributed by atoms with van der Waals surface area (Å²) in [4.78, 5) is 7.52. The van der Waals surface area contributed by atoms with Crippen molar-refractivity contribution in [1.82, 2.24) is 19.7 Å². The van der Waals surface area contributed by atoms with Gasteiger partial charge in [-0.2, -0.15) is 5.10 Å². The molecular formula is C11H10N4. The lowest BCUT2D eigenvalue weighted by molar-refractivity contribution is 0.773. The van der Waals surface area contributed by atoms with Crippen LogP contribution in [0.3, 0.4) is 0 Å². The van der Waals surface area contributed by atoms with Crippen molar-refractivity contribution in [3.8, 4) is 11.5 Å². The van der Waals surface area contributed by atoms with Crippen LogP contribution in [0.1, 0.15) is 0 Å². The number of benzene rings is 1. The molecule has 2 heterocycles. The van der Waals surface area contributed by atoms with E-state index in [4.69, 9.17) is 0 Å². The van der Waals surface area contributed by atoms with E-state index in [0.717, 1.165) is 17.0 Å². The van der Waals surface area contributed by atoms with Gasteiger partial charge < -0.3 is 4.98 Å². The van der Waals surface area contributed by atoms with Crippen molar-refractivity contribution >= 4 is 10.9 Å². The second-order valence-electron chi connectivity index (χ2n) is 3.48. The Balaban J connectivity index is 2.24. The van der Waals surface area contributed by atoms with Gasteiger partial charge in [0.2, 0.25) is 0 Å². The van der Waals surface area contributed by atoms with Crippen molar-refractivity contribution in [2.24, 2.45) is 7.05 Å². The van der Waals surface area contributed by atoms with Crippen molar-refractivity contribution in [2.45, 2.75) is 0 Å². The van der Waals surface area contributed by atoms with E-state index in [2.05, 4.69) is 33.3 Å². The Hall–Kier alpha value is -2.10. The summed E-state index contributed by atoms with van der Waals surface area (Å²) in [5, 5.41) is 5.24. The number of aromatic amines is 1. The third-order valence-corrected chi connectivity index (χ3v) is 2.48. The molecular weight excluding hydrogens is 188 g/mol. The highest BCUT2D eigenvalue weighted by Crippen LogP contribution is 2.21. The van der Waals surface area contributed by atoms with Crippen molar-refractivity contribution in [1.29, 1.82) is 0 Å². The predicted octanol–water partition coefficient (Wildman–Crippen LogP) is 1.96. The molecule has 3 rings (SSSR count). The molecule has 0 bridgehead atoms. The first-order chi connectivity index (χ1) is 7.34. The molecule has 4 nitrogen and oxygen atoms in total. The summed E-state index contributed by atoms with van der Waals surface area (Å²) in [5.74, 6) is 0.853. The number of fused-ring (bicyclic) bond motifs is 1. The molecule has 0 amide bonds. The molecule has 0 aliphatic heterocycles. The molecule has 0 aliphatic rings. The van der Waals surface area contributed by atoms with Crippen LogP contribution in [0.5, 0.6) is 0 Å². The van der Waals surface area contributed by atoms with E-state index in [-0.39, 0.29) is 0 Å². The van der Waals surface area contributed by atoms with Crippen molar-refractivity contribution < 1.29 is 0 Å². The molecule has 15 heavy (non-hydrogen) atoms. The second kappa shape index (κ2) is 2.95. The smallest absolute Gasteiger partial charge is 0.174 e. The van der Waals surface area contributed by atoms with Gasteiger partial charge in [0.15, 0.2) is 5.82 Å². The first kappa shape index (κ1) is 8.23. The summed E-state index contributed by atoms with van der Waals surface area (Å²) in [7, 11) is 1.88. The molecule has 0 unspecified atom stereocenters. The monoisotopic (exact) mass is 198 g/mol. The van der Waals surface area contributed by atoms with Gasteiger partial charge in [-0.25, -0.2) is 9.67 Å². The van der Waals surface area contributed by atoms with E-state index in [1.165, 1.54) is 5.39 Å². The Morgan fingerprint density at radius 1 is 1.27 bits per heavy atom. The quantitative estimate of drug-likeness (QED) is 0.649. The van der Waals surface area contributed by atoms with Crippen LogP contribution in [0.4, 0.5) is 0 Å². The summed E-state index contributed by atoms with van der Waals surface area (Å²) >= 11 is 0. The van der Waals surface area contributed by atoms with Gasteiger partial charge in [-0.1, -0.05) is 18.2 Å². The minimum atomic E-state index is 0.853. The van der Waals surface area contributed by atoms with Crippen LogP contribution in [0.15, 0.2) is 36.7 Å². The van der Waals surface area contributed by atoms with Crippen molar-refractivity contribution in [2.75, 3.05) is 0 Å². The van der Waals surface area contributed by atoms with Gasteiger partial charge in [-0.05, 0) is 12.1 Å². The molecule has 0 saturated heterocycles. The highest BCUT2D eigenvalue weighted by molar-refractivity contribution is 5.84. The fraction of sp³-hybridized carbons (Fsp3) is 0.0909. The lowest BCUT2D eigenvalue weighted by atomic mass is 10.2. The minimum Gasteiger partial charge on any atom is -0.352 e. The zero-order chi connectivity index (χ0) is 10.3. The molecule has 0 atom stereocenters. The topological polar surface area (TPSA) is 46.5 Å². The third-order valence-electron chi connectivity index (χ3n) is 2.48. The van der Waals surface area contributed by atoms with Crippen LogP contribution >= 0.6 is 0 Å². The lowest BCUT2D eigenvalue weighted by Crippen LogP contribution is -1.94. The number of nitrogens with zero attached hydrogens (tertiary/aromatic N) is 3.